The second-order valence-corrected chi connectivity index (χ2v) is 3.14. The second-order valence-electron chi connectivity index (χ2n) is 3.14. The Bertz CT molecular complexity index is 219. The van der Waals surface area contributed by atoms with Crippen molar-refractivity contribution in [2.24, 2.45) is 0 Å². The summed E-state index contributed by atoms with van der Waals surface area (Å²) >= 11 is 0. The topological polar surface area (TPSA) is 84.9 Å². The molecule has 0 bridgehead atoms. The van der Waals surface area contributed by atoms with Gasteiger partial charge in [0.2, 0.25) is 5.91 Å². The Hall–Kier alpha value is -1.14. The fraction of sp³-hybridized carbons (Fsp3) is 0.800. The SMILES string of the molecule is CCOCCOC(C)C(=O)NCCC(=O)O. The summed E-state index contributed by atoms with van der Waals surface area (Å²) < 4.78 is 10.2. The van der Waals surface area contributed by atoms with Crippen LogP contribution < -0.4 is 5.32 Å². The number of aliphatic carboxylic acids is 1. The lowest BCUT2D eigenvalue weighted by Gasteiger charge is -2.12. The number of hydrogen-bond donors (Lipinski definition) is 2. The number of carboxylic acids is 1. The molecule has 0 aliphatic rings. The Morgan fingerprint density at radius 3 is 2.62 bits per heavy atom. The number of ether oxygens (including phenoxy) is 2. The van der Waals surface area contributed by atoms with Crippen molar-refractivity contribution in [1.29, 1.82) is 0 Å². The van der Waals surface area contributed by atoms with E-state index in [4.69, 9.17) is 14.6 Å². The van der Waals surface area contributed by atoms with E-state index in [1.165, 1.54) is 0 Å². The minimum atomic E-state index is -0.940. The van der Waals surface area contributed by atoms with E-state index in [0.29, 0.717) is 19.8 Å². The molecule has 6 heteroatoms. The van der Waals surface area contributed by atoms with Crippen LogP contribution in [0.25, 0.3) is 0 Å². The summed E-state index contributed by atoms with van der Waals surface area (Å²) in [5.74, 6) is -1.25. The normalized spacial score (nSPS) is 12.1. The standard InChI is InChI=1S/C10H19NO5/c1-3-15-6-7-16-8(2)10(14)11-5-4-9(12)13/h8H,3-7H2,1-2H3,(H,11,14)(H,12,13). The van der Waals surface area contributed by atoms with Crippen molar-refractivity contribution in [3.05, 3.63) is 0 Å². The van der Waals surface area contributed by atoms with E-state index in [2.05, 4.69) is 5.32 Å². The van der Waals surface area contributed by atoms with Crippen LogP contribution in [0.1, 0.15) is 20.3 Å². The minimum absolute atomic E-state index is 0.0859. The highest BCUT2D eigenvalue weighted by atomic mass is 16.5. The highest BCUT2D eigenvalue weighted by Crippen LogP contribution is 1.91. The molecule has 0 saturated heterocycles. The molecule has 0 radical (unpaired) electrons. The fourth-order valence-electron chi connectivity index (χ4n) is 0.940. The molecule has 0 aromatic carbocycles. The summed E-state index contributed by atoms with van der Waals surface area (Å²) in [6.07, 6.45) is -0.675. The van der Waals surface area contributed by atoms with Crippen molar-refractivity contribution >= 4 is 11.9 Å². The molecule has 0 spiro atoms. The maximum Gasteiger partial charge on any atom is 0.305 e. The Balaban J connectivity index is 3.53. The summed E-state index contributed by atoms with van der Waals surface area (Å²) in [5.41, 5.74) is 0. The first kappa shape index (κ1) is 14.9. The number of carbonyl (C=O) groups is 2. The minimum Gasteiger partial charge on any atom is -0.481 e. The van der Waals surface area contributed by atoms with E-state index in [0.717, 1.165) is 0 Å². The van der Waals surface area contributed by atoms with Gasteiger partial charge >= 0.3 is 5.97 Å². The first-order valence-electron chi connectivity index (χ1n) is 5.26. The van der Waals surface area contributed by atoms with E-state index in [1.807, 2.05) is 6.92 Å². The quantitative estimate of drug-likeness (QED) is 0.548. The van der Waals surface area contributed by atoms with Gasteiger partial charge in [0.05, 0.1) is 19.6 Å². The van der Waals surface area contributed by atoms with Crippen LogP contribution in [0.4, 0.5) is 0 Å². The number of hydrogen-bond acceptors (Lipinski definition) is 4. The molecule has 2 N–H and O–H groups in total. The average Bonchev–Trinajstić information content (AvgIpc) is 2.23. The van der Waals surface area contributed by atoms with Gasteiger partial charge in [-0.05, 0) is 13.8 Å². The molecule has 0 rings (SSSR count). The number of amides is 1. The zero-order valence-electron chi connectivity index (χ0n) is 9.69. The Morgan fingerprint density at radius 2 is 2.06 bits per heavy atom. The number of nitrogens with one attached hydrogen (secondary N) is 1. The molecule has 0 aromatic rings. The van der Waals surface area contributed by atoms with Gasteiger partial charge in [-0.15, -0.1) is 0 Å². The van der Waals surface area contributed by atoms with E-state index in [-0.39, 0.29) is 18.9 Å². The van der Waals surface area contributed by atoms with Crippen LogP contribution in [0.15, 0.2) is 0 Å². The molecule has 1 amide bonds. The van der Waals surface area contributed by atoms with E-state index < -0.39 is 12.1 Å². The van der Waals surface area contributed by atoms with Crippen molar-refractivity contribution in [2.75, 3.05) is 26.4 Å². The van der Waals surface area contributed by atoms with Crippen LogP contribution in [0.2, 0.25) is 0 Å². The molecular weight excluding hydrogens is 214 g/mol. The monoisotopic (exact) mass is 233 g/mol. The predicted molar refractivity (Wildman–Crippen MR) is 57.2 cm³/mol. The van der Waals surface area contributed by atoms with E-state index >= 15 is 0 Å². The zero-order valence-corrected chi connectivity index (χ0v) is 9.69. The Kier molecular flexibility index (Phi) is 8.46. The third-order valence-corrected chi connectivity index (χ3v) is 1.81. The Labute approximate surface area is 94.9 Å². The highest BCUT2D eigenvalue weighted by molar-refractivity contribution is 5.80. The molecule has 16 heavy (non-hydrogen) atoms. The molecular formula is C10H19NO5. The number of rotatable bonds is 9. The number of carbonyl (C=O) groups excluding carboxylic acids is 1. The molecule has 0 aliphatic heterocycles. The molecule has 0 aromatic heterocycles. The lowest BCUT2D eigenvalue weighted by Crippen LogP contribution is -2.36. The summed E-state index contributed by atoms with van der Waals surface area (Å²) in [7, 11) is 0. The average molecular weight is 233 g/mol. The predicted octanol–water partition coefficient (Wildman–Crippen LogP) is 0.0189. The summed E-state index contributed by atoms with van der Waals surface area (Å²) in [6.45, 7) is 5.02. The second kappa shape index (κ2) is 9.11. The van der Waals surface area contributed by atoms with Gasteiger partial charge in [-0.25, -0.2) is 0 Å². The molecule has 1 atom stereocenters. The third kappa shape index (κ3) is 8.19. The van der Waals surface area contributed by atoms with Gasteiger partial charge in [0.15, 0.2) is 0 Å². The summed E-state index contributed by atoms with van der Waals surface area (Å²) in [5, 5.41) is 10.8. The van der Waals surface area contributed by atoms with Gasteiger partial charge < -0.3 is 19.9 Å². The zero-order chi connectivity index (χ0) is 12.4. The molecule has 94 valence electrons. The Morgan fingerprint density at radius 1 is 1.38 bits per heavy atom. The van der Waals surface area contributed by atoms with Crippen LogP contribution in [0, 0.1) is 0 Å². The van der Waals surface area contributed by atoms with E-state index in [1.54, 1.807) is 6.92 Å². The van der Waals surface area contributed by atoms with Crippen LogP contribution in [0.5, 0.6) is 0 Å². The lowest BCUT2D eigenvalue weighted by atomic mass is 10.3. The smallest absolute Gasteiger partial charge is 0.305 e. The molecule has 0 saturated carbocycles. The van der Waals surface area contributed by atoms with Crippen molar-refractivity contribution in [3.63, 3.8) is 0 Å². The number of carboxylic acid groups (broad SMARTS) is 1. The third-order valence-electron chi connectivity index (χ3n) is 1.81. The summed E-state index contributed by atoms with van der Waals surface area (Å²) in [4.78, 5) is 21.5. The first-order chi connectivity index (χ1) is 7.57. The summed E-state index contributed by atoms with van der Waals surface area (Å²) in [6, 6.07) is 0. The molecule has 0 aliphatic carbocycles. The van der Waals surface area contributed by atoms with Crippen molar-refractivity contribution in [3.8, 4) is 0 Å². The van der Waals surface area contributed by atoms with Gasteiger partial charge in [-0.3, -0.25) is 9.59 Å². The van der Waals surface area contributed by atoms with Crippen molar-refractivity contribution in [1.82, 2.24) is 5.32 Å². The molecule has 0 heterocycles. The van der Waals surface area contributed by atoms with Crippen LogP contribution in [0.3, 0.4) is 0 Å². The van der Waals surface area contributed by atoms with Gasteiger partial charge in [-0.1, -0.05) is 0 Å². The van der Waals surface area contributed by atoms with Gasteiger partial charge in [0.1, 0.15) is 6.10 Å². The van der Waals surface area contributed by atoms with Crippen LogP contribution >= 0.6 is 0 Å². The molecule has 0 fully saturated rings. The maximum absolute atomic E-state index is 11.3. The van der Waals surface area contributed by atoms with Gasteiger partial charge in [0.25, 0.3) is 0 Å². The first-order valence-corrected chi connectivity index (χ1v) is 5.26. The maximum atomic E-state index is 11.3. The largest absolute Gasteiger partial charge is 0.481 e. The van der Waals surface area contributed by atoms with Crippen molar-refractivity contribution < 1.29 is 24.2 Å². The molecule has 6 nitrogen and oxygen atoms in total. The van der Waals surface area contributed by atoms with Crippen LogP contribution in [-0.2, 0) is 19.1 Å². The highest BCUT2D eigenvalue weighted by Gasteiger charge is 2.12. The van der Waals surface area contributed by atoms with Crippen LogP contribution in [-0.4, -0.2) is 49.5 Å². The van der Waals surface area contributed by atoms with Crippen molar-refractivity contribution in [2.45, 2.75) is 26.4 Å². The molecule has 1 unspecified atom stereocenters. The van der Waals surface area contributed by atoms with E-state index in [9.17, 15) is 9.59 Å². The fourth-order valence-corrected chi connectivity index (χ4v) is 0.940. The van der Waals surface area contributed by atoms with Gasteiger partial charge in [-0.2, -0.15) is 0 Å². The van der Waals surface area contributed by atoms with Gasteiger partial charge in [0, 0.05) is 13.2 Å². The lowest BCUT2D eigenvalue weighted by molar-refractivity contribution is -0.137.